The topological polar surface area (TPSA) is 34.0 Å². The van der Waals surface area contributed by atoms with Crippen LogP contribution in [0.15, 0.2) is 53.6 Å². The molecule has 108 valence electrons. The molecule has 0 amide bonds. The second-order valence-electron chi connectivity index (χ2n) is 5.17. The van der Waals surface area contributed by atoms with Crippen LogP contribution in [0.1, 0.15) is 16.8 Å². The average molecular weight is 298 g/mol. The van der Waals surface area contributed by atoms with Crippen molar-refractivity contribution in [3.8, 4) is 0 Å². The SMILES string of the molecule is CN(Cc1ccc(Cn2cccn2)cc1)Cc1cscn1. The first-order chi connectivity index (χ1) is 10.3. The van der Waals surface area contributed by atoms with E-state index >= 15 is 0 Å². The van der Waals surface area contributed by atoms with E-state index in [2.05, 4.69) is 51.7 Å². The van der Waals surface area contributed by atoms with Gasteiger partial charge in [0.1, 0.15) is 0 Å². The lowest BCUT2D eigenvalue weighted by atomic mass is 10.1. The van der Waals surface area contributed by atoms with Gasteiger partial charge in [-0.1, -0.05) is 24.3 Å². The van der Waals surface area contributed by atoms with E-state index in [1.54, 1.807) is 11.3 Å². The maximum atomic E-state index is 4.32. The first kappa shape index (κ1) is 14.0. The van der Waals surface area contributed by atoms with Crippen molar-refractivity contribution in [3.63, 3.8) is 0 Å². The van der Waals surface area contributed by atoms with Gasteiger partial charge in [-0.05, 0) is 24.2 Å². The molecule has 0 fully saturated rings. The lowest BCUT2D eigenvalue weighted by Crippen LogP contribution is -2.17. The zero-order valence-electron chi connectivity index (χ0n) is 12.0. The number of benzene rings is 1. The van der Waals surface area contributed by atoms with Crippen molar-refractivity contribution in [1.82, 2.24) is 19.7 Å². The second kappa shape index (κ2) is 6.65. The zero-order chi connectivity index (χ0) is 14.5. The van der Waals surface area contributed by atoms with Crippen LogP contribution >= 0.6 is 11.3 Å². The molecule has 0 radical (unpaired) electrons. The Balaban J connectivity index is 1.56. The summed E-state index contributed by atoms with van der Waals surface area (Å²) in [5.41, 5.74) is 5.60. The number of thiazole rings is 1. The summed E-state index contributed by atoms with van der Waals surface area (Å²) in [6.07, 6.45) is 3.79. The normalized spacial score (nSPS) is 11.1. The molecule has 3 aromatic rings. The van der Waals surface area contributed by atoms with Gasteiger partial charge >= 0.3 is 0 Å². The van der Waals surface area contributed by atoms with Gasteiger partial charge in [-0.3, -0.25) is 9.58 Å². The third kappa shape index (κ3) is 4.00. The summed E-state index contributed by atoms with van der Waals surface area (Å²) in [7, 11) is 2.12. The summed E-state index contributed by atoms with van der Waals surface area (Å²) in [6.45, 7) is 2.64. The summed E-state index contributed by atoms with van der Waals surface area (Å²) in [4.78, 5) is 6.60. The molecule has 0 unspecified atom stereocenters. The van der Waals surface area contributed by atoms with Crippen LogP contribution in [0.5, 0.6) is 0 Å². The zero-order valence-corrected chi connectivity index (χ0v) is 12.8. The first-order valence-corrected chi connectivity index (χ1v) is 7.85. The van der Waals surface area contributed by atoms with Crippen molar-refractivity contribution in [2.24, 2.45) is 0 Å². The highest BCUT2D eigenvalue weighted by molar-refractivity contribution is 7.07. The van der Waals surface area contributed by atoms with Crippen LogP contribution in [0.2, 0.25) is 0 Å². The van der Waals surface area contributed by atoms with Gasteiger partial charge in [0, 0.05) is 30.9 Å². The van der Waals surface area contributed by atoms with E-state index in [-0.39, 0.29) is 0 Å². The Morgan fingerprint density at radius 3 is 2.62 bits per heavy atom. The molecule has 0 aliphatic heterocycles. The molecule has 0 saturated heterocycles. The van der Waals surface area contributed by atoms with Gasteiger partial charge < -0.3 is 0 Å². The smallest absolute Gasteiger partial charge is 0.0795 e. The Labute approximate surface area is 128 Å². The number of hydrogen-bond acceptors (Lipinski definition) is 4. The summed E-state index contributed by atoms with van der Waals surface area (Å²) in [5.74, 6) is 0. The number of hydrogen-bond donors (Lipinski definition) is 0. The van der Waals surface area contributed by atoms with E-state index in [9.17, 15) is 0 Å². The van der Waals surface area contributed by atoms with Crippen molar-refractivity contribution in [2.75, 3.05) is 7.05 Å². The maximum Gasteiger partial charge on any atom is 0.0795 e. The van der Waals surface area contributed by atoms with Gasteiger partial charge in [0.15, 0.2) is 0 Å². The molecule has 0 saturated carbocycles. The molecular formula is C16H18N4S. The van der Waals surface area contributed by atoms with Crippen molar-refractivity contribution in [2.45, 2.75) is 19.6 Å². The molecule has 0 bridgehead atoms. The molecule has 2 heterocycles. The summed E-state index contributed by atoms with van der Waals surface area (Å²) >= 11 is 1.65. The fourth-order valence-electron chi connectivity index (χ4n) is 2.29. The minimum atomic E-state index is 0.821. The van der Waals surface area contributed by atoms with Crippen LogP contribution in [0.4, 0.5) is 0 Å². The molecule has 2 aromatic heterocycles. The minimum absolute atomic E-state index is 0.821. The molecule has 5 heteroatoms. The highest BCUT2D eigenvalue weighted by atomic mass is 32.1. The molecule has 1 aromatic carbocycles. The number of aromatic nitrogens is 3. The van der Waals surface area contributed by atoms with E-state index < -0.39 is 0 Å². The molecule has 0 spiro atoms. The van der Waals surface area contributed by atoms with Gasteiger partial charge in [0.25, 0.3) is 0 Å². The Morgan fingerprint density at radius 1 is 1.14 bits per heavy atom. The predicted octanol–water partition coefficient (Wildman–Crippen LogP) is 3.02. The van der Waals surface area contributed by atoms with Crippen molar-refractivity contribution < 1.29 is 0 Å². The predicted molar refractivity (Wildman–Crippen MR) is 85.1 cm³/mol. The van der Waals surface area contributed by atoms with Crippen LogP contribution < -0.4 is 0 Å². The highest BCUT2D eigenvalue weighted by Gasteiger charge is 2.03. The summed E-state index contributed by atoms with van der Waals surface area (Å²) < 4.78 is 1.93. The second-order valence-corrected chi connectivity index (χ2v) is 5.89. The van der Waals surface area contributed by atoms with E-state index in [0.717, 1.165) is 25.3 Å². The van der Waals surface area contributed by atoms with Crippen LogP contribution in [0, 0.1) is 0 Å². The van der Waals surface area contributed by atoms with Gasteiger partial charge in [-0.2, -0.15) is 5.10 Å². The molecule has 0 atom stereocenters. The van der Waals surface area contributed by atoms with Gasteiger partial charge in [-0.15, -0.1) is 11.3 Å². The molecule has 4 nitrogen and oxygen atoms in total. The van der Waals surface area contributed by atoms with Gasteiger partial charge in [-0.25, -0.2) is 4.98 Å². The fourth-order valence-corrected chi connectivity index (χ4v) is 2.84. The number of nitrogens with zero attached hydrogens (tertiary/aromatic N) is 4. The quantitative estimate of drug-likeness (QED) is 0.701. The van der Waals surface area contributed by atoms with Crippen molar-refractivity contribution in [3.05, 3.63) is 70.4 Å². The van der Waals surface area contributed by atoms with Crippen molar-refractivity contribution in [1.29, 1.82) is 0 Å². The minimum Gasteiger partial charge on any atom is -0.296 e. The Bertz CT molecular complexity index is 644. The van der Waals surface area contributed by atoms with E-state index in [4.69, 9.17) is 0 Å². The lowest BCUT2D eigenvalue weighted by Gasteiger charge is -2.15. The standard InChI is InChI=1S/C16H18N4S/c1-19(11-16-12-21-13-17-16)9-14-3-5-15(6-4-14)10-20-8-2-7-18-20/h2-8,12-13H,9-11H2,1H3. The third-order valence-corrected chi connectivity index (χ3v) is 3.93. The van der Waals surface area contributed by atoms with Gasteiger partial charge in [0.05, 0.1) is 17.7 Å². The van der Waals surface area contributed by atoms with E-state index in [0.29, 0.717) is 0 Å². The van der Waals surface area contributed by atoms with Gasteiger partial charge in [0.2, 0.25) is 0 Å². The van der Waals surface area contributed by atoms with Crippen LogP contribution in [0.3, 0.4) is 0 Å². The summed E-state index contributed by atoms with van der Waals surface area (Å²) in [6, 6.07) is 10.7. The number of rotatable bonds is 6. The lowest BCUT2D eigenvalue weighted by molar-refractivity contribution is 0.316. The average Bonchev–Trinajstić information content (AvgIpc) is 3.14. The highest BCUT2D eigenvalue weighted by Crippen LogP contribution is 2.10. The van der Waals surface area contributed by atoms with Crippen LogP contribution in [-0.2, 0) is 19.6 Å². The monoisotopic (exact) mass is 298 g/mol. The molecule has 0 N–H and O–H groups in total. The maximum absolute atomic E-state index is 4.32. The molecule has 3 rings (SSSR count). The molecular weight excluding hydrogens is 280 g/mol. The first-order valence-electron chi connectivity index (χ1n) is 6.90. The summed E-state index contributed by atoms with van der Waals surface area (Å²) in [5, 5.41) is 6.33. The molecule has 0 aliphatic rings. The fraction of sp³-hybridized carbons (Fsp3) is 0.250. The Kier molecular flexibility index (Phi) is 4.43. The molecule has 0 aliphatic carbocycles. The van der Waals surface area contributed by atoms with Crippen molar-refractivity contribution >= 4 is 11.3 Å². The van der Waals surface area contributed by atoms with Crippen LogP contribution in [0.25, 0.3) is 0 Å². The Morgan fingerprint density at radius 2 is 1.95 bits per heavy atom. The molecule has 21 heavy (non-hydrogen) atoms. The largest absolute Gasteiger partial charge is 0.296 e. The Hall–Kier alpha value is -1.98. The van der Waals surface area contributed by atoms with E-state index in [1.165, 1.54) is 11.1 Å². The van der Waals surface area contributed by atoms with E-state index in [1.807, 2.05) is 28.7 Å². The van der Waals surface area contributed by atoms with Crippen LogP contribution in [-0.4, -0.2) is 26.7 Å². The third-order valence-electron chi connectivity index (χ3n) is 3.29.